The number of hydrogen-bond acceptors (Lipinski definition) is 1. The summed E-state index contributed by atoms with van der Waals surface area (Å²) in [7, 11) is 1.86. The molecule has 0 fully saturated rings. The molecular weight excluding hydrogens is 201 g/mol. The monoisotopic (exact) mass is 215 g/mol. The van der Waals surface area contributed by atoms with Gasteiger partial charge in [-0.15, -0.1) is 0 Å². The number of halogens is 2. The van der Waals surface area contributed by atoms with E-state index in [9.17, 15) is 4.39 Å². The Morgan fingerprint density at radius 2 is 2.07 bits per heavy atom. The third kappa shape index (κ3) is 2.69. The van der Waals surface area contributed by atoms with Crippen molar-refractivity contribution < 1.29 is 4.39 Å². The SMILES string of the molecule is CNC(C)(C)Cc1cccc(Cl)c1F. The minimum Gasteiger partial charge on any atom is -0.314 e. The van der Waals surface area contributed by atoms with Gasteiger partial charge in [0.25, 0.3) is 0 Å². The Kier molecular flexibility index (Phi) is 3.51. The summed E-state index contributed by atoms with van der Waals surface area (Å²) in [4.78, 5) is 0. The van der Waals surface area contributed by atoms with Crippen molar-refractivity contribution in [3.63, 3.8) is 0 Å². The maximum Gasteiger partial charge on any atom is 0.145 e. The van der Waals surface area contributed by atoms with Gasteiger partial charge < -0.3 is 5.32 Å². The van der Waals surface area contributed by atoms with E-state index in [1.807, 2.05) is 20.9 Å². The van der Waals surface area contributed by atoms with Gasteiger partial charge in [0, 0.05) is 5.54 Å². The third-order valence-corrected chi connectivity index (χ3v) is 2.63. The summed E-state index contributed by atoms with van der Waals surface area (Å²) in [5.41, 5.74) is 0.530. The van der Waals surface area contributed by atoms with E-state index >= 15 is 0 Å². The summed E-state index contributed by atoms with van der Waals surface area (Å²) in [5.74, 6) is -0.308. The molecule has 0 spiro atoms. The fourth-order valence-electron chi connectivity index (χ4n) is 1.25. The van der Waals surface area contributed by atoms with E-state index in [0.29, 0.717) is 12.0 Å². The van der Waals surface area contributed by atoms with Crippen molar-refractivity contribution in [1.29, 1.82) is 0 Å². The van der Waals surface area contributed by atoms with Crippen LogP contribution in [0.4, 0.5) is 4.39 Å². The van der Waals surface area contributed by atoms with E-state index in [1.54, 1.807) is 18.2 Å². The molecule has 78 valence electrons. The minimum atomic E-state index is -0.308. The van der Waals surface area contributed by atoms with E-state index in [-0.39, 0.29) is 16.4 Å². The predicted molar refractivity (Wildman–Crippen MR) is 58.3 cm³/mol. The van der Waals surface area contributed by atoms with Gasteiger partial charge in [0.2, 0.25) is 0 Å². The lowest BCUT2D eigenvalue weighted by molar-refractivity contribution is 0.414. The van der Waals surface area contributed by atoms with Crippen LogP contribution >= 0.6 is 11.6 Å². The van der Waals surface area contributed by atoms with Crippen LogP contribution in [0.3, 0.4) is 0 Å². The molecule has 0 atom stereocenters. The second-order valence-electron chi connectivity index (χ2n) is 4.02. The van der Waals surface area contributed by atoms with Crippen molar-refractivity contribution in [1.82, 2.24) is 5.32 Å². The number of likely N-dealkylation sites (N-methyl/N-ethyl adjacent to an activating group) is 1. The summed E-state index contributed by atoms with van der Waals surface area (Å²) in [5, 5.41) is 3.32. The Balaban J connectivity index is 2.92. The van der Waals surface area contributed by atoms with Gasteiger partial charge in [-0.3, -0.25) is 0 Å². The molecule has 0 saturated carbocycles. The first-order valence-corrected chi connectivity index (χ1v) is 4.96. The molecule has 14 heavy (non-hydrogen) atoms. The first-order chi connectivity index (χ1) is 6.46. The smallest absolute Gasteiger partial charge is 0.145 e. The fraction of sp³-hybridized carbons (Fsp3) is 0.455. The molecule has 1 N–H and O–H groups in total. The maximum absolute atomic E-state index is 13.5. The average molecular weight is 216 g/mol. The first kappa shape index (κ1) is 11.5. The van der Waals surface area contributed by atoms with Crippen molar-refractivity contribution in [2.24, 2.45) is 0 Å². The van der Waals surface area contributed by atoms with Crippen LogP contribution in [-0.2, 0) is 6.42 Å². The van der Waals surface area contributed by atoms with Crippen LogP contribution in [0.2, 0.25) is 5.02 Å². The van der Waals surface area contributed by atoms with Crippen LogP contribution in [0.1, 0.15) is 19.4 Å². The van der Waals surface area contributed by atoms with Crippen molar-refractivity contribution >= 4 is 11.6 Å². The maximum atomic E-state index is 13.5. The van der Waals surface area contributed by atoms with E-state index < -0.39 is 0 Å². The number of nitrogens with one attached hydrogen (secondary N) is 1. The molecule has 0 aliphatic rings. The largest absolute Gasteiger partial charge is 0.314 e. The summed E-state index contributed by atoms with van der Waals surface area (Å²) in [6, 6.07) is 5.10. The highest BCUT2D eigenvalue weighted by Crippen LogP contribution is 2.21. The Labute approximate surface area is 89.3 Å². The van der Waals surface area contributed by atoms with Crippen LogP contribution in [0.15, 0.2) is 18.2 Å². The Hall–Kier alpha value is -0.600. The van der Waals surface area contributed by atoms with E-state index in [4.69, 9.17) is 11.6 Å². The second kappa shape index (κ2) is 4.28. The highest BCUT2D eigenvalue weighted by Gasteiger charge is 2.18. The van der Waals surface area contributed by atoms with E-state index in [0.717, 1.165) is 0 Å². The molecule has 0 bridgehead atoms. The van der Waals surface area contributed by atoms with Crippen molar-refractivity contribution in [3.8, 4) is 0 Å². The standard InChI is InChI=1S/C11H15ClFN/c1-11(2,14-3)7-8-5-4-6-9(12)10(8)13/h4-6,14H,7H2,1-3H3. The number of rotatable bonds is 3. The molecule has 0 heterocycles. The van der Waals surface area contributed by atoms with Crippen molar-refractivity contribution in [3.05, 3.63) is 34.6 Å². The average Bonchev–Trinajstić information content (AvgIpc) is 2.13. The lowest BCUT2D eigenvalue weighted by atomic mass is 9.95. The quantitative estimate of drug-likeness (QED) is 0.818. The van der Waals surface area contributed by atoms with Crippen LogP contribution in [-0.4, -0.2) is 12.6 Å². The highest BCUT2D eigenvalue weighted by atomic mass is 35.5. The zero-order valence-electron chi connectivity index (χ0n) is 8.70. The molecule has 1 aromatic rings. The van der Waals surface area contributed by atoms with Gasteiger partial charge in [0.15, 0.2) is 0 Å². The molecule has 0 aliphatic heterocycles. The molecule has 0 saturated heterocycles. The molecule has 0 unspecified atom stereocenters. The van der Waals surface area contributed by atoms with Crippen LogP contribution in [0.25, 0.3) is 0 Å². The van der Waals surface area contributed by atoms with Gasteiger partial charge in [-0.2, -0.15) is 0 Å². The summed E-state index contributed by atoms with van der Waals surface area (Å²) in [6.07, 6.45) is 0.621. The van der Waals surface area contributed by atoms with Crippen molar-refractivity contribution in [2.75, 3.05) is 7.05 Å². The molecule has 3 heteroatoms. The lowest BCUT2D eigenvalue weighted by Gasteiger charge is -2.24. The topological polar surface area (TPSA) is 12.0 Å². The van der Waals surface area contributed by atoms with Gasteiger partial charge in [-0.05, 0) is 38.9 Å². The summed E-state index contributed by atoms with van der Waals surface area (Å²) >= 11 is 5.69. The molecule has 1 aromatic carbocycles. The van der Waals surface area contributed by atoms with Crippen LogP contribution < -0.4 is 5.32 Å². The Morgan fingerprint density at radius 3 is 2.64 bits per heavy atom. The molecule has 0 radical (unpaired) electrons. The molecule has 1 rings (SSSR count). The Bertz CT molecular complexity index is 323. The van der Waals surface area contributed by atoms with Gasteiger partial charge in [0.05, 0.1) is 5.02 Å². The lowest BCUT2D eigenvalue weighted by Crippen LogP contribution is -2.38. The first-order valence-electron chi connectivity index (χ1n) is 4.58. The molecular formula is C11H15ClFN. The zero-order chi connectivity index (χ0) is 10.8. The molecule has 1 nitrogen and oxygen atoms in total. The summed E-state index contributed by atoms with van der Waals surface area (Å²) < 4.78 is 13.5. The predicted octanol–water partition coefficient (Wildman–Crippen LogP) is 3.02. The third-order valence-electron chi connectivity index (χ3n) is 2.34. The van der Waals surface area contributed by atoms with Gasteiger partial charge >= 0.3 is 0 Å². The fourth-order valence-corrected chi connectivity index (χ4v) is 1.44. The van der Waals surface area contributed by atoms with Gasteiger partial charge in [-0.25, -0.2) is 4.39 Å². The highest BCUT2D eigenvalue weighted by molar-refractivity contribution is 6.30. The summed E-state index contributed by atoms with van der Waals surface area (Å²) in [6.45, 7) is 4.04. The van der Waals surface area contributed by atoms with Gasteiger partial charge in [-0.1, -0.05) is 23.7 Å². The van der Waals surface area contributed by atoms with Gasteiger partial charge in [0.1, 0.15) is 5.82 Å². The minimum absolute atomic E-state index is 0.120. The zero-order valence-corrected chi connectivity index (χ0v) is 9.45. The second-order valence-corrected chi connectivity index (χ2v) is 4.43. The van der Waals surface area contributed by atoms with Crippen LogP contribution in [0.5, 0.6) is 0 Å². The molecule has 0 aromatic heterocycles. The van der Waals surface area contributed by atoms with E-state index in [1.165, 1.54) is 0 Å². The van der Waals surface area contributed by atoms with Crippen molar-refractivity contribution in [2.45, 2.75) is 25.8 Å². The van der Waals surface area contributed by atoms with Crippen LogP contribution in [0, 0.1) is 5.82 Å². The van der Waals surface area contributed by atoms with E-state index in [2.05, 4.69) is 5.32 Å². The molecule has 0 amide bonds. The normalized spacial score (nSPS) is 11.8. The molecule has 0 aliphatic carbocycles. The Morgan fingerprint density at radius 1 is 1.43 bits per heavy atom. The number of hydrogen-bond donors (Lipinski definition) is 1. The number of benzene rings is 1.